The van der Waals surface area contributed by atoms with Crippen molar-refractivity contribution >= 4 is 11.5 Å². The summed E-state index contributed by atoms with van der Waals surface area (Å²) in [7, 11) is 0. The molecule has 0 atom stereocenters. The van der Waals surface area contributed by atoms with Crippen LogP contribution in [0.25, 0.3) is 0 Å². The van der Waals surface area contributed by atoms with E-state index in [0.717, 1.165) is 37.9 Å². The molecule has 0 spiro atoms. The molecule has 0 heterocycles. The van der Waals surface area contributed by atoms with Gasteiger partial charge in [0.2, 0.25) is 0 Å². The Morgan fingerprint density at radius 2 is 1.76 bits per heavy atom. The zero-order valence-corrected chi connectivity index (χ0v) is 13.2. The summed E-state index contributed by atoms with van der Waals surface area (Å²) in [6.07, 6.45) is 5.59. The van der Waals surface area contributed by atoms with E-state index < -0.39 is 0 Å². The third-order valence-corrected chi connectivity index (χ3v) is 3.23. The molecule has 0 aliphatic rings. The van der Waals surface area contributed by atoms with Crippen LogP contribution in [0.1, 0.15) is 51.5 Å². The molecule has 21 heavy (non-hydrogen) atoms. The molecule has 1 aromatic rings. The van der Waals surface area contributed by atoms with Crippen LogP contribution in [0.5, 0.6) is 0 Å². The minimum atomic E-state index is 0.517. The average Bonchev–Trinajstić information content (AvgIpc) is 2.53. The van der Waals surface area contributed by atoms with Gasteiger partial charge in [0.1, 0.15) is 0 Å². The van der Waals surface area contributed by atoms with Crippen molar-refractivity contribution in [2.75, 3.05) is 13.1 Å². The normalized spacial score (nSPS) is 12.5. The molecule has 116 valence electrons. The van der Waals surface area contributed by atoms with Crippen molar-refractivity contribution in [3.8, 4) is 0 Å². The summed E-state index contributed by atoms with van der Waals surface area (Å²) in [4.78, 5) is 4.60. The fourth-order valence-electron chi connectivity index (χ4n) is 1.99. The molecule has 1 rings (SSSR count). The summed E-state index contributed by atoms with van der Waals surface area (Å²) >= 11 is 0. The molecule has 4 nitrogen and oxygen atoms in total. The minimum absolute atomic E-state index is 0.517. The fraction of sp³-hybridized carbons (Fsp3) is 0.529. The molecule has 0 aromatic heterocycles. The Labute approximate surface area is 128 Å². The molecular formula is C17H27N3O. The van der Waals surface area contributed by atoms with E-state index in [-0.39, 0.29) is 0 Å². The highest BCUT2D eigenvalue weighted by atomic mass is 16.4. The van der Waals surface area contributed by atoms with Gasteiger partial charge in [0, 0.05) is 18.7 Å². The lowest BCUT2D eigenvalue weighted by Gasteiger charge is -2.11. The van der Waals surface area contributed by atoms with Gasteiger partial charge in [-0.05, 0) is 12.8 Å². The molecular weight excluding hydrogens is 262 g/mol. The Morgan fingerprint density at radius 1 is 1.05 bits per heavy atom. The van der Waals surface area contributed by atoms with Gasteiger partial charge in [-0.1, -0.05) is 68.6 Å². The molecule has 4 heteroatoms. The number of benzene rings is 1. The Hall–Kier alpha value is -1.84. The van der Waals surface area contributed by atoms with Crippen molar-refractivity contribution < 1.29 is 5.21 Å². The van der Waals surface area contributed by atoms with Crippen molar-refractivity contribution in [3.05, 3.63) is 35.9 Å². The summed E-state index contributed by atoms with van der Waals surface area (Å²) in [6.45, 7) is 5.93. The van der Waals surface area contributed by atoms with E-state index in [0.29, 0.717) is 11.5 Å². The van der Waals surface area contributed by atoms with Gasteiger partial charge in [-0.3, -0.25) is 4.99 Å². The number of aliphatic imine (C=N–C) groups is 1. The lowest BCUT2D eigenvalue weighted by molar-refractivity contribution is 0.320. The maximum absolute atomic E-state index is 9.38. The SMILES string of the molecule is CCCCCN=C(NCCCC)/C(=N\O)c1ccccc1. The van der Waals surface area contributed by atoms with Crippen LogP contribution >= 0.6 is 0 Å². The topological polar surface area (TPSA) is 57.0 Å². The lowest BCUT2D eigenvalue weighted by atomic mass is 10.1. The quantitative estimate of drug-likeness (QED) is 0.238. The van der Waals surface area contributed by atoms with E-state index in [1.165, 1.54) is 12.8 Å². The highest BCUT2D eigenvalue weighted by Gasteiger charge is 2.11. The van der Waals surface area contributed by atoms with Crippen LogP contribution in [0, 0.1) is 0 Å². The van der Waals surface area contributed by atoms with Gasteiger partial charge < -0.3 is 10.5 Å². The Kier molecular flexibility index (Phi) is 8.93. The van der Waals surface area contributed by atoms with Crippen molar-refractivity contribution in [2.24, 2.45) is 10.1 Å². The molecule has 0 aliphatic carbocycles. The number of amidine groups is 1. The van der Waals surface area contributed by atoms with E-state index in [2.05, 4.69) is 29.3 Å². The zero-order valence-electron chi connectivity index (χ0n) is 13.2. The summed E-state index contributed by atoms with van der Waals surface area (Å²) < 4.78 is 0. The Bertz CT molecular complexity index is 441. The molecule has 0 aliphatic heterocycles. The number of nitrogens with zero attached hydrogens (tertiary/aromatic N) is 2. The van der Waals surface area contributed by atoms with Crippen LogP contribution < -0.4 is 5.32 Å². The van der Waals surface area contributed by atoms with E-state index >= 15 is 0 Å². The lowest BCUT2D eigenvalue weighted by Crippen LogP contribution is -2.33. The van der Waals surface area contributed by atoms with Crippen LogP contribution in [-0.2, 0) is 0 Å². The van der Waals surface area contributed by atoms with E-state index in [1.54, 1.807) is 0 Å². The van der Waals surface area contributed by atoms with Crippen molar-refractivity contribution in [1.82, 2.24) is 5.32 Å². The molecule has 0 saturated heterocycles. The second-order valence-electron chi connectivity index (χ2n) is 5.03. The largest absolute Gasteiger partial charge is 0.410 e. The van der Waals surface area contributed by atoms with Gasteiger partial charge in [-0.25, -0.2) is 0 Å². The van der Waals surface area contributed by atoms with E-state index in [9.17, 15) is 5.21 Å². The summed E-state index contributed by atoms with van der Waals surface area (Å²) in [6, 6.07) is 9.67. The molecule has 0 unspecified atom stereocenters. The van der Waals surface area contributed by atoms with Gasteiger partial charge in [0.05, 0.1) is 0 Å². The predicted molar refractivity (Wildman–Crippen MR) is 89.5 cm³/mol. The molecule has 0 amide bonds. The maximum atomic E-state index is 9.38. The summed E-state index contributed by atoms with van der Waals surface area (Å²) in [5.41, 5.74) is 1.39. The third kappa shape index (κ3) is 6.43. The van der Waals surface area contributed by atoms with Crippen molar-refractivity contribution in [3.63, 3.8) is 0 Å². The van der Waals surface area contributed by atoms with E-state index in [4.69, 9.17) is 0 Å². The smallest absolute Gasteiger partial charge is 0.151 e. The molecule has 0 saturated carbocycles. The zero-order chi connectivity index (χ0) is 15.3. The van der Waals surface area contributed by atoms with Crippen LogP contribution in [0.3, 0.4) is 0 Å². The molecule has 2 N–H and O–H groups in total. The first-order chi connectivity index (χ1) is 10.3. The Morgan fingerprint density at radius 3 is 2.38 bits per heavy atom. The number of nitrogens with one attached hydrogen (secondary N) is 1. The number of oxime groups is 1. The third-order valence-electron chi connectivity index (χ3n) is 3.23. The highest BCUT2D eigenvalue weighted by Crippen LogP contribution is 2.04. The van der Waals surface area contributed by atoms with Crippen LogP contribution in [0.15, 0.2) is 40.5 Å². The first-order valence-corrected chi connectivity index (χ1v) is 7.89. The fourth-order valence-corrected chi connectivity index (χ4v) is 1.99. The number of unbranched alkanes of at least 4 members (excludes halogenated alkanes) is 3. The summed E-state index contributed by atoms with van der Waals surface area (Å²) in [5, 5.41) is 16.1. The van der Waals surface area contributed by atoms with Gasteiger partial charge in [0.15, 0.2) is 11.5 Å². The van der Waals surface area contributed by atoms with Crippen LogP contribution in [0.2, 0.25) is 0 Å². The molecule has 1 aromatic carbocycles. The van der Waals surface area contributed by atoms with Gasteiger partial charge in [-0.2, -0.15) is 0 Å². The van der Waals surface area contributed by atoms with Crippen LogP contribution in [-0.4, -0.2) is 29.8 Å². The monoisotopic (exact) mass is 289 g/mol. The first-order valence-electron chi connectivity index (χ1n) is 7.89. The predicted octanol–water partition coefficient (Wildman–Crippen LogP) is 3.84. The first kappa shape index (κ1) is 17.2. The van der Waals surface area contributed by atoms with Gasteiger partial charge in [-0.15, -0.1) is 0 Å². The molecule has 0 radical (unpaired) electrons. The van der Waals surface area contributed by atoms with Crippen molar-refractivity contribution in [1.29, 1.82) is 0 Å². The molecule has 0 fully saturated rings. The molecule has 0 bridgehead atoms. The average molecular weight is 289 g/mol. The number of rotatable bonds is 9. The summed E-state index contributed by atoms with van der Waals surface area (Å²) in [5.74, 6) is 0.688. The second kappa shape index (κ2) is 10.9. The maximum Gasteiger partial charge on any atom is 0.151 e. The van der Waals surface area contributed by atoms with E-state index in [1.807, 2.05) is 30.3 Å². The highest BCUT2D eigenvalue weighted by molar-refractivity contribution is 6.47. The van der Waals surface area contributed by atoms with Crippen molar-refractivity contribution in [2.45, 2.75) is 46.0 Å². The van der Waals surface area contributed by atoms with Gasteiger partial charge in [0.25, 0.3) is 0 Å². The van der Waals surface area contributed by atoms with Crippen LogP contribution in [0.4, 0.5) is 0 Å². The standard InChI is InChI=1S/C17H27N3O/c1-3-5-10-14-19-17(18-13-6-4-2)16(20-21)15-11-8-7-9-12-15/h7-9,11-12,21H,3-6,10,13-14H2,1-2H3,(H,18,19)/b20-16-. The number of hydrogen-bond acceptors (Lipinski definition) is 3. The minimum Gasteiger partial charge on any atom is -0.410 e. The Balaban J connectivity index is 2.81. The van der Waals surface area contributed by atoms with Gasteiger partial charge >= 0.3 is 0 Å². The second-order valence-corrected chi connectivity index (χ2v) is 5.03. The number of hydrogen-bond donors (Lipinski definition) is 2.